The Morgan fingerprint density at radius 1 is 1.21 bits per heavy atom. The van der Waals surface area contributed by atoms with E-state index in [0.717, 1.165) is 5.69 Å². The number of rotatable bonds is 7. The maximum Gasteiger partial charge on any atom is 0.226 e. The number of nitrogens with zero attached hydrogens (tertiary/aromatic N) is 3. The number of amides is 1. The van der Waals surface area contributed by atoms with Gasteiger partial charge in [0, 0.05) is 42.3 Å². The van der Waals surface area contributed by atoms with Crippen molar-refractivity contribution in [3.05, 3.63) is 83.2 Å². The van der Waals surface area contributed by atoms with Crippen LogP contribution in [0.4, 0.5) is 10.1 Å². The molecule has 1 aliphatic heterocycles. The molecule has 1 aromatic carbocycles. The highest BCUT2D eigenvalue weighted by molar-refractivity contribution is 7.80. The lowest BCUT2D eigenvalue weighted by Crippen LogP contribution is -2.33. The zero-order valence-corrected chi connectivity index (χ0v) is 20.7. The predicted molar refractivity (Wildman–Crippen MR) is 136 cm³/mol. The van der Waals surface area contributed by atoms with Crippen LogP contribution < -0.4 is 10.6 Å². The number of carbonyl (C=O) groups is 1. The minimum atomic E-state index is -0.339. The summed E-state index contributed by atoms with van der Waals surface area (Å²) in [6.07, 6.45) is 2.03. The molecular formula is C26H30FN5OS. The minimum Gasteiger partial charge on any atom is -0.352 e. The Morgan fingerprint density at radius 2 is 1.94 bits per heavy atom. The molecule has 2 atom stereocenters. The molecular weight excluding hydrogens is 449 g/mol. The van der Waals surface area contributed by atoms with E-state index in [0.29, 0.717) is 23.4 Å². The van der Waals surface area contributed by atoms with Crippen molar-refractivity contribution >= 4 is 28.9 Å². The van der Waals surface area contributed by atoms with Gasteiger partial charge < -0.3 is 20.1 Å². The van der Waals surface area contributed by atoms with Gasteiger partial charge in [0.15, 0.2) is 5.11 Å². The van der Waals surface area contributed by atoms with Crippen LogP contribution in [0.25, 0.3) is 0 Å². The van der Waals surface area contributed by atoms with Gasteiger partial charge in [0.1, 0.15) is 5.82 Å². The van der Waals surface area contributed by atoms with E-state index >= 15 is 0 Å². The highest BCUT2D eigenvalue weighted by Gasteiger charge is 2.41. The summed E-state index contributed by atoms with van der Waals surface area (Å²) in [7, 11) is 0. The van der Waals surface area contributed by atoms with Crippen LogP contribution in [0.5, 0.6) is 0 Å². The summed E-state index contributed by atoms with van der Waals surface area (Å²) >= 11 is 5.73. The van der Waals surface area contributed by atoms with Gasteiger partial charge >= 0.3 is 0 Å². The summed E-state index contributed by atoms with van der Waals surface area (Å²) < 4.78 is 15.5. The van der Waals surface area contributed by atoms with Crippen molar-refractivity contribution in [1.29, 1.82) is 0 Å². The molecule has 3 heterocycles. The monoisotopic (exact) mass is 479 g/mol. The molecule has 34 heavy (non-hydrogen) atoms. The first-order valence-corrected chi connectivity index (χ1v) is 11.9. The smallest absolute Gasteiger partial charge is 0.226 e. The van der Waals surface area contributed by atoms with Gasteiger partial charge in [-0.3, -0.25) is 9.78 Å². The van der Waals surface area contributed by atoms with Gasteiger partial charge in [-0.1, -0.05) is 6.07 Å². The second kappa shape index (κ2) is 9.93. The molecule has 0 bridgehead atoms. The third-order valence-corrected chi connectivity index (χ3v) is 6.62. The van der Waals surface area contributed by atoms with Gasteiger partial charge in [-0.05, 0) is 87.9 Å². The Kier molecular flexibility index (Phi) is 6.97. The maximum atomic E-state index is 13.2. The molecule has 2 aromatic heterocycles. The molecule has 0 saturated carbocycles. The van der Waals surface area contributed by atoms with E-state index in [4.69, 9.17) is 12.2 Å². The third-order valence-electron chi connectivity index (χ3n) is 6.26. The molecule has 2 N–H and O–H groups in total. The first-order chi connectivity index (χ1) is 16.3. The molecule has 1 saturated heterocycles. The van der Waals surface area contributed by atoms with Crippen molar-refractivity contribution < 1.29 is 9.18 Å². The fourth-order valence-corrected chi connectivity index (χ4v) is 5.19. The quantitative estimate of drug-likeness (QED) is 0.455. The fraction of sp³-hybridized carbons (Fsp3) is 0.346. The normalized spacial score (nSPS) is 17.8. The van der Waals surface area contributed by atoms with Crippen molar-refractivity contribution in [2.45, 2.75) is 52.2 Å². The van der Waals surface area contributed by atoms with Crippen LogP contribution in [-0.4, -0.2) is 32.0 Å². The highest BCUT2D eigenvalue weighted by atomic mass is 32.1. The molecule has 8 heteroatoms. The van der Waals surface area contributed by atoms with Crippen molar-refractivity contribution in [2.75, 3.05) is 11.9 Å². The molecule has 0 aliphatic carbocycles. The summed E-state index contributed by atoms with van der Waals surface area (Å²) in [5, 5.41) is 6.88. The molecule has 1 aliphatic rings. The number of hydrogen-bond donors (Lipinski definition) is 2. The minimum absolute atomic E-state index is 0.0975. The van der Waals surface area contributed by atoms with Crippen LogP contribution in [0, 0.1) is 19.7 Å². The summed E-state index contributed by atoms with van der Waals surface area (Å²) in [5.74, 6) is -0.490. The second-order valence-corrected chi connectivity index (χ2v) is 9.30. The topological polar surface area (TPSA) is 62.2 Å². The number of nitrogens with one attached hydrogen (secondary N) is 2. The van der Waals surface area contributed by atoms with Crippen LogP contribution in [-0.2, 0) is 4.79 Å². The number of pyridine rings is 1. The van der Waals surface area contributed by atoms with Crippen molar-refractivity contribution in [3.63, 3.8) is 0 Å². The van der Waals surface area contributed by atoms with E-state index in [1.54, 1.807) is 18.3 Å². The van der Waals surface area contributed by atoms with Gasteiger partial charge in [-0.25, -0.2) is 4.39 Å². The Bertz CT molecular complexity index is 1180. The van der Waals surface area contributed by atoms with E-state index in [9.17, 15) is 9.18 Å². The van der Waals surface area contributed by atoms with Gasteiger partial charge in [0.25, 0.3) is 0 Å². The lowest BCUT2D eigenvalue weighted by atomic mass is 9.96. The predicted octanol–water partition coefficient (Wildman–Crippen LogP) is 5.22. The molecule has 1 fully saturated rings. The summed E-state index contributed by atoms with van der Waals surface area (Å²) in [4.78, 5) is 19.3. The van der Waals surface area contributed by atoms with E-state index in [1.807, 2.05) is 18.2 Å². The lowest BCUT2D eigenvalue weighted by molar-refractivity contribution is -0.116. The molecule has 178 valence electrons. The van der Waals surface area contributed by atoms with Gasteiger partial charge in [0.2, 0.25) is 5.91 Å². The Hall–Kier alpha value is -3.26. The van der Waals surface area contributed by atoms with E-state index < -0.39 is 0 Å². The first kappa shape index (κ1) is 23.9. The van der Waals surface area contributed by atoms with E-state index in [1.165, 1.54) is 29.1 Å². The van der Waals surface area contributed by atoms with Crippen LogP contribution >= 0.6 is 12.2 Å². The van der Waals surface area contributed by atoms with E-state index in [-0.39, 0.29) is 30.2 Å². The van der Waals surface area contributed by atoms with E-state index in [2.05, 4.69) is 58.8 Å². The second-order valence-electron chi connectivity index (χ2n) is 8.92. The van der Waals surface area contributed by atoms with Crippen molar-refractivity contribution in [2.24, 2.45) is 0 Å². The highest BCUT2D eigenvalue weighted by Crippen LogP contribution is 2.41. The molecule has 0 spiro atoms. The number of carbonyl (C=O) groups excluding carboxylic acids is 1. The Morgan fingerprint density at radius 3 is 2.56 bits per heavy atom. The summed E-state index contributed by atoms with van der Waals surface area (Å²) in [5.41, 5.74) is 5.02. The van der Waals surface area contributed by atoms with Crippen molar-refractivity contribution in [1.82, 2.24) is 19.8 Å². The molecule has 0 radical (unpaired) electrons. The standard InChI is InChI=1S/C26H30FN5OS/c1-16(2)32-17(3)15-21(18(32)4)25-24(22-7-5-6-13-28-22)30-26(34)31(25)14-12-23(33)29-20-10-8-19(27)9-11-20/h5-11,13,15-16,24-25H,12,14H2,1-4H3,(H,29,33)(H,30,34)/t24-,25+/m1/s1. The largest absolute Gasteiger partial charge is 0.352 e. The maximum absolute atomic E-state index is 13.2. The average molecular weight is 480 g/mol. The van der Waals surface area contributed by atoms with Crippen LogP contribution in [0.1, 0.15) is 61.0 Å². The molecule has 4 rings (SSSR count). The fourth-order valence-electron chi connectivity index (χ4n) is 4.86. The number of aromatic nitrogens is 2. The summed E-state index contributed by atoms with van der Waals surface area (Å²) in [6.45, 7) is 9.05. The van der Waals surface area contributed by atoms with Crippen molar-refractivity contribution in [3.8, 4) is 0 Å². The number of thiocarbonyl (C=S) groups is 1. The molecule has 3 aromatic rings. The van der Waals surface area contributed by atoms with Gasteiger partial charge in [-0.2, -0.15) is 0 Å². The number of anilines is 1. The average Bonchev–Trinajstić information content (AvgIpc) is 3.29. The number of benzene rings is 1. The lowest BCUT2D eigenvalue weighted by Gasteiger charge is -2.28. The number of halogens is 1. The van der Waals surface area contributed by atoms with Gasteiger partial charge in [-0.15, -0.1) is 0 Å². The summed E-state index contributed by atoms with van der Waals surface area (Å²) in [6, 6.07) is 13.9. The Labute approximate surface area is 205 Å². The molecule has 6 nitrogen and oxygen atoms in total. The number of aryl methyl sites for hydroxylation is 1. The third kappa shape index (κ3) is 4.82. The van der Waals surface area contributed by atoms with Crippen LogP contribution in [0.15, 0.2) is 54.7 Å². The first-order valence-electron chi connectivity index (χ1n) is 11.5. The zero-order valence-electron chi connectivity index (χ0n) is 19.9. The van der Waals surface area contributed by atoms with Crippen LogP contribution in [0.3, 0.4) is 0 Å². The SMILES string of the molecule is Cc1cc([C@H]2[C@@H](c3ccccn3)NC(=S)N2CCC(=O)Nc2ccc(F)cc2)c(C)n1C(C)C. The molecule has 0 unspecified atom stereocenters. The number of hydrogen-bond acceptors (Lipinski definition) is 3. The Balaban J connectivity index is 1.61. The van der Waals surface area contributed by atoms with Crippen LogP contribution in [0.2, 0.25) is 0 Å². The zero-order chi connectivity index (χ0) is 24.4. The molecule has 1 amide bonds. The van der Waals surface area contributed by atoms with Gasteiger partial charge in [0.05, 0.1) is 17.8 Å².